The van der Waals surface area contributed by atoms with E-state index in [9.17, 15) is 9.59 Å². The average molecular weight is 318 g/mol. The minimum atomic E-state index is -0.414. The summed E-state index contributed by atoms with van der Waals surface area (Å²) in [5.41, 5.74) is 3.62. The van der Waals surface area contributed by atoms with Crippen LogP contribution in [0.5, 0.6) is 0 Å². The highest BCUT2D eigenvalue weighted by Gasteiger charge is 2.41. The van der Waals surface area contributed by atoms with Crippen LogP contribution in [-0.4, -0.2) is 16.4 Å². The van der Waals surface area contributed by atoms with E-state index in [1.165, 1.54) is 4.90 Å². The summed E-state index contributed by atoms with van der Waals surface area (Å²) in [5, 5.41) is 1.04. The fraction of sp³-hybridized carbons (Fsp3) is 0.200. The van der Waals surface area contributed by atoms with Gasteiger partial charge in [-0.2, -0.15) is 0 Å². The molecule has 2 amide bonds. The Morgan fingerprint density at radius 2 is 1.71 bits per heavy atom. The van der Waals surface area contributed by atoms with Gasteiger partial charge in [0.2, 0.25) is 11.8 Å². The molecule has 1 saturated heterocycles. The molecular formula is C20H18N2O2. The Hall–Kier alpha value is -2.88. The molecule has 0 saturated carbocycles. The maximum atomic E-state index is 13.0. The quantitative estimate of drug-likeness (QED) is 0.678. The van der Waals surface area contributed by atoms with Gasteiger partial charge in [0, 0.05) is 30.6 Å². The second kappa shape index (κ2) is 5.34. The number of amides is 2. The molecule has 0 radical (unpaired) electrons. The van der Waals surface area contributed by atoms with E-state index in [0.717, 1.165) is 22.0 Å². The van der Waals surface area contributed by atoms with E-state index < -0.39 is 5.92 Å². The first-order valence-electron chi connectivity index (χ1n) is 8.04. The van der Waals surface area contributed by atoms with Crippen LogP contribution in [0.25, 0.3) is 10.9 Å². The number of hydrogen-bond acceptors (Lipinski definition) is 2. The summed E-state index contributed by atoms with van der Waals surface area (Å²) in [7, 11) is 1.96. The van der Waals surface area contributed by atoms with Gasteiger partial charge in [0.1, 0.15) is 0 Å². The Labute approximate surface area is 140 Å². The minimum absolute atomic E-state index is 0.132. The van der Waals surface area contributed by atoms with E-state index in [-0.39, 0.29) is 18.2 Å². The van der Waals surface area contributed by atoms with Crippen molar-refractivity contribution in [3.63, 3.8) is 0 Å². The molecule has 1 aromatic heterocycles. The number of benzene rings is 2. The number of rotatable bonds is 2. The smallest absolute Gasteiger partial charge is 0.241 e. The second-order valence-corrected chi connectivity index (χ2v) is 6.32. The first-order chi connectivity index (χ1) is 11.6. The SMILES string of the molecule is Cc1ccccc1N1C(=O)C[C@H](c2cn(C)c3ccccc23)C1=O. The summed E-state index contributed by atoms with van der Waals surface area (Å²) in [6.07, 6.45) is 2.20. The van der Waals surface area contributed by atoms with Gasteiger partial charge in [0.15, 0.2) is 0 Å². The molecule has 3 aromatic rings. The van der Waals surface area contributed by atoms with Crippen molar-refractivity contribution < 1.29 is 9.59 Å². The van der Waals surface area contributed by atoms with E-state index in [0.29, 0.717) is 5.69 Å². The molecule has 24 heavy (non-hydrogen) atoms. The second-order valence-electron chi connectivity index (χ2n) is 6.32. The molecule has 0 aliphatic carbocycles. The van der Waals surface area contributed by atoms with Crippen LogP contribution in [0, 0.1) is 6.92 Å². The molecule has 1 aliphatic rings. The standard InChI is InChI=1S/C20H18N2O2/c1-13-7-3-5-9-17(13)22-19(23)11-15(20(22)24)16-12-21(2)18-10-6-4-8-14(16)18/h3-10,12,15H,11H2,1-2H3/t15-/m1/s1. The number of para-hydroxylation sites is 2. The molecule has 4 heteroatoms. The van der Waals surface area contributed by atoms with Crippen molar-refractivity contribution in [1.29, 1.82) is 0 Å². The molecule has 1 fully saturated rings. The van der Waals surface area contributed by atoms with Gasteiger partial charge in [0.05, 0.1) is 11.6 Å². The third-order valence-corrected chi connectivity index (χ3v) is 4.81. The number of fused-ring (bicyclic) bond motifs is 1. The van der Waals surface area contributed by atoms with E-state index in [1.54, 1.807) is 0 Å². The molecule has 1 atom stereocenters. The summed E-state index contributed by atoms with van der Waals surface area (Å²) >= 11 is 0. The third kappa shape index (κ3) is 2.07. The zero-order chi connectivity index (χ0) is 16.8. The molecule has 0 spiro atoms. The first-order valence-corrected chi connectivity index (χ1v) is 8.04. The fourth-order valence-electron chi connectivity index (χ4n) is 3.59. The van der Waals surface area contributed by atoms with Crippen LogP contribution in [0.3, 0.4) is 0 Å². The number of carbonyl (C=O) groups is 2. The highest BCUT2D eigenvalue weighted by atomic mass is 16.2. The summed E-state index contributed by atoms with van der Waals surface area (Å²) < 4.78 is 2.01. The van der Waals surface area contributed by atoms with Gasteiger partial charge < -0.3 is 4.57 Å². The predicted molar refractivity (Wildman–Crippen MR) is 93.9 cm³/mol. The van der Waals surface area contributed by atoms with Crippen molar-refractivity contribution in [3.8, 4) is 0 Å². The van der Waals surface area contributed by atoms with Gasteiger partial charge in [-0.05, 0) is 30.2 Å². The average Bonchev–Trinajstić information content (AvgIpc) is 3.06. The Kier molecular flexibility index (Phi) is 3.27. The lowest BCUT2D eigenvalue weighted by Gasteiger charge is -2.17. The van der Waals surface area contributed by atoms with Crippen LogP contribution in [0.4, 0.5) is 5.69 Å². The minimum Gasteiger partial charge on any atom is -0.350 e. The number of anilines is 1. The number of nitrogens with zero attached hydrogens (tertiary/aromatic N) is 2. The van der Waals surface area contributed by atoms with Crippen molar-refractivity contribution in [2.24, 2.45) is 7.05 Å². The molecule has 4 rings (SSSR count). The normalized spacial score (nSPS) is 17.9. The molecule has 4 nitrogen and oxygen atoms in total. The van der Waals surface area contributed by atoms with Gasteiger partial charge in [-0.3, -0.25) is 9.59 Å². The molecule has 120 valence electrons. The van der Waals surface area contributed by atoms with Crippen LogP contribution in [0.2, 0.25) is 0 Å². The predicted octanol–water partition coefficient (Wildman–Crippen LogP) is 3.53. The Morgan fingerprint density at radius 3 is 2.50 bits per heavy atom. The van der Waals surface area contributed by atoms with Crippen LogP contribution in [0.15, 0.2) is 54.7 Å². The van der Waals surface area contributed by atoms with Gasteiger partial charge in [-0.15, -0.1) is 0 Å². The zero-order valence-electron chi connectivity index (χ0n) is 13.7. The third-order valence-electron chi connectivity index (χ3n) is 4.81. The highest BCUT2D eigenvalue weighted by Crippen LogP contribution is 2.37. The van der Waals surface area contributed by atoms with Crippen LogP contribution >= 0.6 is 0 Å². The molecule has 0 unspecified atom stereocenters. The van der Waals surface area contributed by atoms with Gasteiger partial charge in [-0.25, -0.2) is 4.90 Å². The van der Waals surface area contributed by atoms with Crippen LogP contribution in [-0.2, 0) is 16.6 Å². The van der Waals surface area contributed by atoms with Crippen LogP contribution in [0.1, 0.15) is 23.5 Å². The van der Waals surface area contributed by atoms with E-state index in [1.807, 2.05) is 73.3 Å². The van der Waals surface area contributed by atoms with Gasteiger partial charge in [-0.1, -0.05) is 36.4 Å². The Morgan fingerprint density at radius 1 is 1.00 bits per heavy atom. The molecule has 2 aromatic carbocycles. The number of imide groups is 1. The van der Waals surface area contributed by atoms with E-state index >= 15 is 0 Å². The zero-order valence-corrected chi connectivity index (χ0v) is 13.7. The number of carbonyl (C=O) groups excluding carboxylic acids is 2. The van der Waals surface area contributed by atoms with E-state index in [4.69, 9.17) is 0 Å². The summed E-state index contributed by atoms with van der Waals surface area (Å²) in [6.45, 7) is 1.92. The maximum Gasteiger partial charge on any atom is 0.241 e. The van der Waals surface area contributed by atoms with Crippen molar-refractivity contribution in [3.05, 3.63) is 65.9 Å². The lowest BCUT2D eigenvalue weighted by atomic mass is 9.97. The largest absolute Gasteiger partial charge is 0.350 e. The Bertz CT molecular complexity index is 971. The fourth-order valence-corrected chi connectivity index (χ4v) is 3.59. The number of hydrogen-bond donors (Lipinski definition) is 0. The lowest BCUT2D eigenvalue weighted by molar-refractivity contribution is -0.121. The van der Waals surface area contributed by atoms with Crippen molar-refractivity contribution in [2.75, 3.05) is 4.90 Å². The lowest BCUT2D eigenvalue weighted by Crippen LogP contribution is -2.30. The van der Waals surface area contributed by atoms with Crippen LogP contribution < -0.4 is 4.90 Å². The van der Waals surface area contributed by atoms with Crippen molar-refractivity contribution >= 4 is 28.4 Å². The summed E-state index contributed by atoms with van der Waals surface area (Å²) in [4.78, 5) is 26.9. The summed E-state index contributed by atoms with van der Waals surface area (Å²) in [6, 6.07) is 15.5. The van der Waals surface area contributed by atoms with Gasteiger partial charge in [0.25, 0.3) is 0 Å². The molecule has 2 heterocycles. The topological polar surface area (TPSA) is 42.3 Å². The highest BCUT2D eigenvalue weighted by molar-refractivity contribution is 6.23. The number of aromatic nitrogens is 1. The summed E-state index contributed by atoms with van der Waals surface area (Å²) in [5.74, 6) is -0.680. The molecule has 1 aliphatic heterocycles. The Balaban J connectivity index is 1.80. The van der Waals surface area contributed by atoms with Gasteiger partial charge >= 0.3 is 0 Å². The van der Waals surface area contributed by atoms with E-state index in [2.05, 4.69) is 0 Å². The van der Waals surface area contributed by atoms with Crippen molar-refractivity contribution in [1.82, 2.24) is 4.57 Å². The molecular weight excluding hydrogens is 300 g/mol. The molecule has 0 bridgehead atoms. The first kappa shape index (κ1) is 14.7. The molecule has 0 N–H and O–H groups in total. The monoisotopic (exact) mass is 318 g/mol. The number of aryl methyl sites for hydroxylation is 2. The maximum absolute atomic E-state index is 13.0. The van der Waals surface area contributed by atoms with Crippen molar-refractivity contribution in [2.45, 2.75) is 19.3 Å².